The number of esters is 2. The molecule has 126 valence electrons. The van der Waals surface area contributed by atoms with Crippen LogP contribution in [0.4, 0.5) is 0 Å². The molecular weight excluding hydrogens is 318 g/mol. The van der Waals surface area contributed by atoms with E-state index in [4.69, 9.17) is 4.74 Å². The van der Waals surface area contributed by atoms with Gasteiger partial charge in [-0.05, 0) is 24.3 Å². The minimum absolute atomic E-state index is 0.244. The van der Waals surface area contributed by atoms with Gasteiger partial charge in [-0.25, -0.2) is 14.3 Å². The van der Waals surface area contributed by atoms with Crippen LogP contribution in [0.1, 0.15) is 31.3 Å². The van der Waals surface area contributed by atoms with Gasteiger partial charge < -0.3 is 14.2 Å². The van der Waals surface area contributed by atoms with Crippen molar-refractivity contribution < 1.29 is 28.6 Å². The van der Waals surface area contributed by atoms with Crippen molar-refractivity contribution in [3.8, 4) is 5.75 Å². The standard InChI is InChI=1S/C15H15N3O6/c1-22-10-6-4-9(5-7-10)11(19)8-18-13(15(21)24-3)12(16-17-18)14(20)23-2/h4-7H,8H2,1-3H3. The van der Waals surface area contributed by atoms with Crippen LogP contribution in [0.5, 0.6) is 5.75 Å². The molecule has 2 aromatic rings. The van der Waals surface area contributed by atoms with Crippen molar-refractivity contribution in [2.24, 2.45) is 0 Å². The largest absolute Gasteiger partial charge is 0.497 e. The molecule has 24 heavy (non-hydrogen) atoms. The van der Waals surface area contributed by atoms with Crippen LogP contribution in [0.3, 0.4) is 0 Å². The van der Waals surface area contributed by atoms with Gasteiger partial charge in [0.1, 0.15) is 12.3 Å². The van der Waals surface area contributed by atoms with E-state index in [1.54, 1.807) is 24.3 Å². The number of methoxy groups -OCH3 is 3. The molecule has 0 saturated carbocycles. The lowest BCUT2D eigenvalue weighted by molar-refractivity contribution is 0.0543. The maximum absolute atomic E-state index is 12.3. The van der Waals surface area contributed by atoms with Crippen LogP contribution >= 0.6 is 0 Å². The van der Waals surface area contributed by atoms with Gasteiger partial charge in [0.05, 0.1) is 21.3 Å². The molecule has 9 nitrogen and oxygen atoms in total. The molecule has 0 atom stereocenters. The first-order chi connectivity index (χ1) is 11.5. The van der Waals surface area contributed by atoms with E-state index in [0.717, 1.165) is 18.9 Å². The molecule has 0 fully saturated rings. The van der Waals surface area contributed by atoms with Crippen LogP contribution in [-0.4, -0.2) is 54.0 Å². The lowest BCUT2D eigenvalue weighted by atomic mass is 10.1. The maximum Gasteiger partial charge on any atom is 0.361 e. The normalized spacial score (nSPS) is 10.1. The van der Waals surface area contributed by atoms with Crippen LogP contribution in [0.25, 0.3) is 0 Å². The fourth-order valence-electron chi connectivity index (χ4n) is 1.96. The number of ketones is 1. The molecule has 0 unspecified atom stereocenters. The van der Waals surface area contributed by atoms with Crippen molar-refractivity contribution in [1.29, 1.82) is 0 Å². The number of hydrogen-bond acceptors (Lipinski definition) is 8. The van der Waals surface area contributed by atoms with Crippen LogP contribution in [-0.2, 0) is 16.0 Å². The Labute approximate surface area is 137 Å². The average Bonchev–Trinajstić information content (AvgIpc) is 3.03. The van der Waals surface area contributed by atoms with Gasteiger partial charge in [0.15, 0.2) is 11.5 Å². The molecule has 0 amide bonds. The second-order valence-corrected chi connectivity index (χ2v) is 4.58. The van der Waals surface area contributed by atoms with E-state index < -0.39 is 11.9 Å². The van der Waals surface area contributed by atoms with Crippen LogP contribution in [0, 0.1) is 0 Å². The highest BCUT2D eigenvalue weighted by atomic mass is 16.5. The van der Waals surface area contributed by atoms with Gasteiger partial charge in [0.25, 0.3) is 0 Å². The Balaban J connectivity index is 2.31. The van der Waals surface area contributed by atoms with Crippen LogP contribution in [0.2, 0.25) is 0 Å². The highest BCUT2D eigenvalue weighted by Gasteiger charge is 2.27. The van der Waals surface area contributed by atoms with Crippen molar-refractivity contribution in [1.82, 2.24) is 15.0 Å². The number of Topliss-reactive ketones (excluding diaryl/α,β-unsaturated/α-hetero) is 1. The second kappa shape index (κ2) is 7.36. The van der Waals surface area contributed by atoms with Crippen molar-refractivity contribution in [3.63, 3.8) is 0 Å². The predicted molar refractivity (Wildman–Crippen MR) is 80.0 cm³/mol. The number of carbonyl (C=O) groups excluding carboxylic acids is 3. The first-order valence-corrected chi connectivity index (χ1v) is 6.79. The summed E-state index contributed by atoms with van der Waals surface area (Å²) in [5, 5.41) is 7.27. The van der Waals surface area contributed by atoms with Crippen molar-refractivity contribution in [3.05, 3.63) is 41.2 Å². The highest BCUT2D eigenvalue weighted by Crippen LogP contribution is 2.14. The van der Waals surface area contributed by atoms with Crippen LogP contribution in [0.15, 0.2) is 24.3 Å². The molecule has 1 aromatic carbocycles. The van der Waals surface area contributed by atoms with Gasteiger partial charge in [-0.1, -0.05) is 5.21 Å². The molecule has 0 aliphatic heterocycles. The van der Waals surface area contributed by atoms with Gasteiger partial charge in [-0.15, -0.1) is 5.10 Å². The summed E-state index contributed by atoms with van der Waals surface area (Å²) in [4.78, 5) is 35.9. The van der Waals surface area contributed by atoms with Gasteiger partial charge in [0, 0.05) is 5.56 Å². The number of ether oxygens (including phenoxy) is 3. The Morgan fingerprint density at radius 3 is 2.17 bits per heavy atom. The van der Waals surface area contributed by atoms with Gasteiger partial charge >= 0.3 is 11.9 Å². The van der Waals surface area contributed by atoms with Crippen molar-refractivity contribution in [2.45, 2.75) is 6.54 Å². The third-order valence-electron chi connectivity index (χ3n) is 3.20. The molecule has 1 heterocycles. The monoisotopic (exact) mass is 333 g/mol. The quantitative estimate of drug-likeness (QED) is 0.562. The van der Waals surface area contributed by atoms with Gasteiger partial charge in [-0.3, -0.25) is 4.79 Å². The lowest BCUT2D eigenvalue weighted by Gasteiger charge is -2.06. The molecular formula is C15H15N3O6. The molecule has 9 heteroatoms. The molecule has 0 spiro atoms. The number of aromatic nitrogens is 3. The second-order valence-electron chi connectivity index (χ2n) is 4.58. The Kier molecular flexibility index (Phi) is 5.25. The number of hydrogen-bond donors (Lipinski definition) is 0. The first-order valence-electron chi connectivity index (χ1n) is 6.79. The fraction of sp³-hybridized carbons (Fsp3) is 0.267. The number of benzene rings is 1. The van der Waals surface area contributed by atoms with Crippen molar-refractivity contribution >= 4 is 17.7 Å². The predicted octanol–water partition coefficient (Wildman–Crippen LogP) is 0.743. The zero-order valence-corrected chi connectivity index (χ0v) is 13.3. The number of carbonyl (C=O) groups is 3. The Bertz CT molecular complexity index is 766. The fourth-order valence-corrected chi connectivity index (χ4v) is 1.96. The Morgan fingerprint density at radius 1 is 1.00 bits per heavy atom. The minimum atomic E-state index is -0.849. The van der Waals surface area contributed by atoms with Gasteiger partial charge in [-0.2, -0.15) is 0 Å². The molecule has 0 bridgehead atoms. The van der Waals surface area contributed by atoms with E-state index in [1.165, 1.54) is 7.11 Å². The summed E-state index contributed by atoms with van der Waals surface area (Å²) in [6.07, 6.45) is 0. The molecule has 2 rings (SSSR count). The summed E-state index contributed by atoms with van der Waals surface area (Å²) >= 11 is 0. The topological polar surface area (TPSA) is 110 Å². The molecule has 0 N–H and O–H groups in total. The van der Waals surface area contributed by atoms with Crippen molar-refractivity contribution in [2.75, 3.05) is 21.3 Å². The van der Waals surface area contributed by atoms with Crippen LogP contribution < -0.4 is 4.74 Å². The van der Waals surface area contributed by atoms with E-state index >= 15 is 0 Å². The zero-order valence-electron chi connectivity index (χ0n) is 13.3. The molecule has 0 radical (unpaired) electrons. The Morgan fingerprint density at radius 2 is 1.62 bits per heavy atom. The van der Waals surface area contributed by atoms with E-state index in [2.05, 4.69) is 19.8 Å². The summed E-state index contributed by atoms with van der Waals surface area (Å²) in [5.74, 6) is -1.42. The Hall–Kier alpha value is -3.23. The summed E-state index contributed by atoms with van der Waals surface area (Å²) in [5.41, 5.74) is -0.167. The minimum Gasteiger partial charge on any atom is -0.497 e. The lowest BCUT2D eigenvalue weighted by Crippen LogP contribution is -2.20. The number of rotatable bonds is 6. The first kappa shape index (κ1) is 17.1. The summed E-state index contributed by atoms with van der Waals surface area (Å²) in [7, 11) is 3.81. The maximum atomic E-state index is 12.3. The summed E-state index contributed by atoms with van der Waals surface area (Å²) in [6.45, 7) is -0.291. The van der Waals surface area contributed by atoms with E-state index in [9.17, 15) is 14.4 Å². The van der Waals surface area contributed by atoms with E-state index in [-0.39, 0.29) is 23.7 Å². The third-order valence-corrected chi connectivity index (χ3v) is 3.20. The average molecular weight is 333 g/mol. The van der Waals surface area contributed by atoms with E-state index in [1.807, 2.05) is 0 Å². The third kappa shape index (κ3) is 3.40. The molecule has 0 saturated heterocycles. The highest BCUT2D eigenvalue weighted by molar-refractivity contribution is 6.01. The SMILES string of the molecule is COC(=O)c1nnn(CC(=O)c2ccc(OC)cc2)c1C(=O)OC. The zero-order chi connectivity index (χ0) is 17.7. The summed E-state index contributed by atoms with van der Waals surface area (Å²) < 4.78 is 15.2. The smallest absolute Gasteiger partial charge is 0.361 e. The molecule has 0 aliphatic carbocycles. The molecule has 0 aliphatic rings. The summed E-state index contributed by atoms with van der Waals surface area (Å²) in [6, 6.07) is 6.43. The number of nitrogens with zero attached hydrogens (tertiary/aromatic N) is 3. The molecule has 1 aromatic heterocycles. The van der Waals surface area contributed by atoms with E-state index in [0.29, 0.717) is 11.3 Å². The van der Waals surface area contributed by atoms with Gasteiger partial charge in [0.2, 0.25) is 5.69 Å².